The molecule has 0 radical (unpaired) electrons. The second kappa shape index (κ2) is 7.08. The van der Waals surface area contributed by atoms with Crippen LogP contribution in [-0.2, 0) is 11.3 Å². The molecule has 2 aromatic carbocycles. The number of hydrazone groups is 1. The first-order valence-electron chi connectivity index (χ1n) is 9.51. The van der Waals surface area contributed by atoms with Gasteiger partial charge in [0.25, 0.3) is 5.91 Å². The monoisotopic (exact) mass is 395 g/mol. The number of likely N-dealkylation sites (tertiary alicyclic amines) is 1. The minimum absolute atomic E-state index is 0.107. The molecule has 0 saturated carbocycles. The number of hydrogen-bond donors (Lipinski definition) is 1. The second-order valence-electron chi connectivity index (χ2n) is 7.89. The highest BCUT2D eigenvalue weighted by Crippen LogP contribution is 2.38. The van der Waals surface area contributed by atoms with Crippen LogP contribution in [-0.4, -0.2) is 40.7 Å². The molecular formula is C22H22FN3O3. The van der Waals surface area contributed by atoms with Gasteiger partial charge in [0.15, 0.2) is 0 Å². The van der Waals surface area contributed by atoms with Crippen LogP contribution >= 0.6 is 0 Å². The molecule has 1 saturated heterocycles. The molecule has 0 bridgehead atoms. The average molecular weight is 395 g/mol. The normalized spacial score (nSPS) is 21.8. The number of rotatable bonds is 4. The Morgan fingerprint density at radius 3 is 2.62 bits per heavy atom. The SMILES string of the molecule is Cc1cc(N2N=C3CCN(Cc4ccc(C(=O)O)cc4)CC3(C)C2=O)ccc1F. The van der Waals surface area contributed by atoms with E-state index in [1.165, 1.54) is 11.1 Å². The van der Waals surface area contributed by atoms with E-state index in [4.69, 9.17) is 5.11 Å². The summed E-state index contributed by atoms with van der Waals surface area (Å²) in [5, 5.41) is 15.0. The maximum Gasteiger partial charge on any atom is 0.335 e. The van der Waals surface area contributed by atoms with Crippen molar-refractivity contribution in [2.45, 2.75) is 26.8 Å². The van der Waals surface area contributed by atoms with Gasteiger partial charge in [0.2, 0.25) is 0 Å². The Balaban J connectivity index is 1.51. The molecule has 7 heteroatoms. The Morgan fingerprint density at radius 1 is 1.24 bits per heavy atom. The maximum absolute atomic E-state index is 13.6. The van der Waals surface area contributed by atoms with Crippen LogP contribution in [0.1, 0.15) is 34.8 Å². The number of aromatic carboxylic acids is 1. The Morgan fingerprint density at radius 2 is 1.97 bits per heavy atom. The number of amides is 1. The molecule has 1 N–H and O–H groups in total. The lowest BCUT2D eigenvalue weighted by Gasteiger charge is -2.36. The van der Waals surface area contributed by atoms with Crippen molar-refractivity contribution >= 4 is 23.3 Å². The topological polar surface area (TPSA) is 73.2 Å². The van der Waals surface area contributed by atoms with Gasteiger partial charge in [-0.05, 0) is 55.3 Å². The first kappa shape index (κ1) is 19.3. The summed E-state index contributed by atoms with van der Waals surface area (Å²) >= 11 is 0. The van der Waals surface area contributed by atoms with E-state index in [0.29, 0.717) is 30.8 Å². The number of carbonyl (C=O) groups is 2. The Kier molecular flexibility index (Phi) is 4.70. The first-order chi connectivity index (χ1) is 13.8. The van der Waals surface area contributed by atoms with Crippen LogP contribution in [0.15, 0.2) is 47.6 Å². The largest absolute Gasteiger partial charge is 0.478 e. The van der Waals surface area contributed by atoms with Crippen LogP contribution in [0.4, 0.5) is 10.1 Å². The molecule has 2 aliphatic heterocycles. The summed E-state index contributed by atoms with van der Waals surface area (Å²) in [5.41, 5.74) is 2.43. The van der Waals surface area contributed by atoms with Gasteiger partial charge in [0.1, 0.15) is 11.2 Å². The fourth-order valence-corrected chi connectivity index (χ4v) is 3.99. The van der Waals surface area contributed by atoms with Gasteiger partial charge >= 0.3 is 5.97 Å². The van der Waals surface area contributed by atoms with Gasteiger partial charge in [-0.3, -0.25) is 9.69 Å². The van der Waals surface area contributed by atoms with E-state index in [2.05, 4.69) is 10.0 Å². The van der Waals surface area contributed by atoms with Gasteiger partial charge < -0.3 is 5.11 Å². The van der Waals surface area contributed by atoms with Crippen molar-refractivity contribution < 1.29 is 19.1 Å². The van der Waals surface area contributed by atoms with Crippen LogP contribution in [0, 0.1) is 18.2 Å². The van der Waals surface area contributed by atoms with Crippen LogP contribution < -0.4 is 5.01 Å². The molecule has 0 aromatic heterocycles. The van der Waals surface area contributed by atoms with Crippen molar-refractivity contribution in [1.29, 1.82) is 0 Å². The third kappa shape index (κ3) is 3.42. The summed E-state index contributed by atoms with van der Waals surface area (Å²) in [6, 6.07) is 11.4. The molecule has 2 heterocycles. The molecule has 0 aliphatic carbocycles. The van der Waals surface area contributed by atoms with E-state index in [9.17, 15) is 14.0 Å². The molecule has 1 atom stereocenters. The van der Waals surface area contributed by atoms with E-state index in [-0.39, 0.29) is 17.3 Å². The Labute approximate surface area is 168 Å². The molecular weight excluding hydrogens is 373 g/mol. The number of piperidine rings is 1. The first-order valence-corrected chi connectivity index (χ1v) is 9.51. The Bertz CT molecular complexity index is 1020. The average Bonchev–Trinajstić information content (AvgIpc) is 2.95. The predicted molar refractivity (Wildman–Crippen MR) is 107 cm³/mol. The number of aryl methyl sites for hydroxylation is 1. The second-order valence-corrected chi connectivity index (χ2v) is 7.89. The van der Waals surface area contributed by atoms with Crippen molar-refractivity contribution in [3.8, 4) is 0 Å². The zero-order chi connectivity index (χ0) is 20.8. The number of benzene rings is 2. The summed E-state index contributed by atoms with van der Waals surface area (Å²) in [4.78, 5) is 26.4. The Hall–Kier alpha value is -3.06. The molecule has 1 unspecified atom stereocenters. The van der Waals surface area contributed by atoms with E-state index >= 15 is 0 Å². The number of carboxylic acid groups (broad SMARTS) is 1. The standard InChI is InChI=1S/C22H22FN3O3/c1-14-11-17(7-8-18(14)23)26-21(29)22(2)13-25(10-9-19(22)24-26)12-15-3-5-16(6-4-15)20(27)28/h3-8,11H,9-10,12-13H2,1-2H3,(H,27,28). The van der Waals surface area contributed by atoms with Crippen molar-refractivity contribution in [1.82, 2.24) is 4.90 Å². The fourth-order valence-electron chi connectivity index (χ4n) is 3.99. The van der Waals surface area contributed by atoms with E-state index in [1.807, 2.05) is 6.92 Å². The molecule has 150 valence electrons. The number of carbonyl (C=O) groups excluding carboxylic acids is 1. The number of nitrogens with zero attached hydrogens (tertiary/aromatic N) is 3. The number of hydrogen-bond acceptors (Lipinski definition) is 4. The summed E-state index contributed by atoms with van der Waals surface area (Å²) in [7, 11) is 0. The number of halogens is 1. The third-order valence-corrected chi connectivity index (χ3v) is 5.72. The van der Waals surface area contributed by atoms with Crippen LogP contribution in [0.3, 0.4) is 0 Å². The van der Waals surface area contributed by atoms with Crippen molar-refractivity contribution in [2.75, 3.05) is 18.1 Å². The van der Waals surface area contributed by atoms with Crippen molar-refractivity contribution in [2.24, 2.45) is 10.5 Å². The minimum atomic E-state index is -0.949. The highest BCUT2D eigenvalue weighted by atomic mass is 19.1. The maximum atomic E-state index is 13.6. The van der Waals surface area contributed by atoms with Gasteiger partial charge in [0, 0.05) is 26.1 Å². The lowest BCUT2D eigenvalue weighted by atomic mass is 9.79. The van der Waals surface area contributed by atoms with Crippen LogP contribution in [0.25, 0.3) is 0 Å². The summed E-state index contributed by atoms with van der Waals surface area (Å²) < 4.78 is 13.6. The summed E-state index contributed by atoms with van der Waals surface area (Å²) in [6.45, 7) is 5.50. The van der Waals surface area contributed by atoms with E-state index < -0.39 is 11.4 Å². The smallest absolute Gasteiger partial charge is 0.335 e. The quantitative estimate of drug-likeness (QED) is 0.861. The molecule has 1 amide bonds. The molecule has 29 heavy (non-hydrogen) atoms. The minimum Gasteiger partial charge on any atom is -0.478 e. The molecule has 0 spiro atoms. The van der Waals surface area contributed by atoms with E-state index in [1.54, 1.807) is 43.3 Å². The lowest BCUT2D eigenvalue weighted by molar-refractivity contribution is -0.124. The third-order valence-electron chi connectivity index (χ3n) is 5.72. The fraction of sp³-hybridized carbons (Fsp3) is 0.318. The van der Waals surface area contributed by atoms with Gasteiger partial charge in [0.05, 0.1) is 17.0 Å². The van der Waals surface area contributed by atoms with Gasteiger partial charge in [-0.15, -0.1) is 0 Å². The zero-order valence-electron chi connectivity index (χ0n) is 16.4. The van der Waals surface area contributed by atoms with Crippen molar-refractivity contribution in [3.63, 3.8) is 0 Å². The lowest BCUT2D eigenvalue weighted by Crippen LogP contribution is -2.50. The summed E-state index contributed by atoms with van der Waals surface area (Å²) in [6.07, 6.45) is 0.673. The zero-order valence-corrected chi connectivity index (χ0v) is 16.4. The number of anilines is 1. The predicted octanol–water partition coefficient (Wildman–Crippen LogP) is 3.45. The van der Waals surface area contributed by atoms with Crippen LogP contribution in [0.5, 0.6) is 0 Å². The van der Waals surface area contributed by atoms with Gasteiger partial charge in [-0.25, -0.2) is 9.18 Å². The highest BCUT2D eigenvalue weighted by molar-refractivity contribution is 6.19. The molecule has 2 aromatic rings. The van der Waals surface area contributed by atoms with Gasteiger partial charge in [-0.2, -0.15) is 10.1 Å². The molecule has 2 aliphatic rings. The van der Waals surface area contributed by atoms with E-state index in [0.717, 1.165) is 17.8 Å². The molecule has 6 nitrogen and oxygen atoms in total. The summed E-state index contributed by atoms with van der Waals surface area (Å²) in [5.74, 6) is -1.36. The number of carboxylic acids is 1. The highest BCUT2D eigenvalue weighted by Gasteiger charge is 2.50. The van der Waals surface area contributed by atoms with Crippen LogP contribution in [0.2, 0.25) is 0 Å². The van der Waals surface area contributed by atoms with Gasteiger partial charge in [-0.1, -0.05) is 12.1 Å². The molecule has 4 rings (SSSR count). The molecule has 1 fully saturated rings. The number of fused-ring (bicyclic) bond motifs is 1. The van der Waals surface area contributed by atoms with Crippen molar-refractivity contribution in [3.05, 3.63) is 65.0 Å².